The number of fused-ring (bicyclic) bond motifs is 1. The van der Waals surface area contributed by atoms with Gasteiger partial charge in [-0.15, -0.1) is 0 Å². The first-order valence-corrected chi connectivity index (χ1v) is 3.09. The number of nitrogens with one attached hydrogen (secondary N) is 2. The molecule has 10 heavy (non-hydrogen) atoms. The molecule has 50 valence electrons. The van der Waals surface area contributed by atoms with Crippen LogP contribution in [0.4, 0.5) is 11.4 Å². The number of pyridine rings is 1. The standard InChI is InChI=1S/C7H7N3/c1-2-8-5-7-6(1)9-3-4-10-7/h1-5,9-10H. The molecule has 0 saturated carbocycles. The molecule has 0 saturated heterocycles. The molecule has 1 aliphatic rings. The van der Waals surface area contributed by atoms with Crippen LogP contribution in [0.3, 0.4) is 0 Å². The van der Waals surface area contributed by atoms with Crippen molar-refractivity contribution in [3.8, 4) is 0 Å². The minimum atomic E-state index is 1.02. The molecular formula is C7H7N3. The average molecular weight is 133 g/mol. The third kappa shape index (κ3) is 0.719. The lowest BCUT2D eigenvalue weighted by molar-refractivity contribution is 1.30. The van der Waals surface area contributed by atoms with Crippen molar-refractivity contribution in [3.05, 3.63) is 30.9 Å². The van der Waals surface area contributed by atoms with Crippen LogP contribution in [0.5, 0.6) is 0 Å². The lowest BCUT2D eigenvalue weighted by atomic mass is 10.3. The minimum Gasteiger partial charge on any atom is -0.359 e. The van der Waals surface area contributed by atoms with E-state index in [0.717, 1.165) is 11.4 Å². The molecule has 0 unspecified atom stereocenters. The molecule has 0 aliphatic carbocycles. The molecule has 0 radical (unpaired) electrons. The van der Waals surface area contributed by atoms with Crippen LogP contribution in [-0.2, 0) is 0 Å². The summed E-state index contributed by atoms with van der Waals surface area (Å²) in [5.74, 6) is 0. The average Bonchev–Trinajstić information content (AvgIpc) is 2.05. The maximum atomic E-state index is 3.96. The van der Waals surface area contributed by atoms with E-state index in [1.165, 1.54) is 0 Å². The summed E-state index contributed by atoms with van der Waals surface area (Å²) in [7, 11) is 0. The monoisotopic (exact) mass is 133 g/mol. The zero-order chi connectivity index (χ0) is 6.81. The highest BCUT2D eigenvalue weighted by molar-refractivity contribution is 5.71. The fraction of sp³-hybridized carbons (Fsp3) is 0. The molecule has 0 spiro atoms. The molecule has 1 aromatic rings. The van der Waals surface area contributed by atoms with Gasteiger partial charge in [-0.2, -0.15) is 0 Å². The third-order valence-electron chi connectivity index (χ3n) is 1.38. The lowest BCUT2D eigenvalue weighted by Crippen LogP contribution is -2.01. The molecule has 2 N–H and O–H groups in total. The number of nitrogens with zero attached hydrogens (tertiary/aromatic N) is 1. The summed E-state index contributed by atoms with van der Waals surface area (Å²) in [5.41, 5.74) is 2.09. The second-order valence-electron chi connectivity index (χ2n) is 2.04. The highest BCUT2D eigenvalue weighted by atomic mass is 15.0. The summed E-state index contributed by atoms with van der Waals surface area (Å²) < 4.78 is 0. The molecule has 3 heteroatoms. The van der Waals surface area contributed by atoms with E-state index in [-0.39, 0.29) is 0 Å². The van der Waals surface area contributed by atoms with Crippen molar-refractivity contribution in [2.45, 2.75) is 0 Å². The Morgan fingerprint density at radius 3 is 2.70 bits per heavy atom. The first-order valence-electron chi connectivity index (χ1n) is 3.09. The molecule has 3 nitrogen and oxygen atoms in total. The van der Waals surface area contributed by atoms with Crippen molar-refractivity contribution in [3.63, 3.8) is 0 Å². The van der Waals surface area contributed by atoms with E-state index in [4.69, 9.17) is 0 Å². The number of hydrogen-bond acceptors (Lipinski definition) is 3. The predicted octanol–water partition coefficient (Wildman–Crippen LogP) is 1.39. The highest BCUT2D eigenvalue weighted by Crippen LogP contribution is 2.21. The molecule has 0 fully saturated rings. The zero-order valence-corrected chi connectivity index (χ0v) is 5.33. The summed E-state index contributed by atoms with van der Waals surface area (Å²) in [6.45, 7) is 0. The molecular weight excluding hydrogens is 126 g/mol. The van der Waals surface area contributed by atoms with E-state index >= 15 is 0 Å². The van der Waals surface area contributed by atoms with Crippen LogP contribution in [0.2, 0.25) is 0 Å². The first-order chi connectivity index (χ1) is 4.97. The number of anilines is 2. The summed E-state index contributed by atoms with van der Waals surface area (Å²) in [6, 6.07) is 1.92. The van der Waals surface area contributed by atoms with Crippen molar-refractivity contribution in [2.75, 3.05) is 10.6 Å². The van der Waals surface area contributed by atoms with Gasteiger partial charge < -0.3 is 10.6 Å². The van der Waals surface area contributed by atoms with Crippen LogP contribution in [0, 0.1) is 0 Å². The van der Waals surface area contributed by atoms with Gasteiger partial charge in [0.25, 0.3) is 0 Å². The Morgan fingerprint density at radius 2 is 1.90 bits per heavy atom. The van der Waals surface area contributed by atoms with Gasteiger partial charge in [0.1, 0.15) is 0 Å². The fourth-order valence-electron chi connectivity index (χ4n) is 0.898. The maximum absolute atomic E-state index is 3.96. The predicted molar refractivity (Wildman–Crippen MR) is 40.6 cm³/mol. The molecule has 2 heterocycles. The maximum Gasteiger partial charge on any atom is 0.0805 e. The highest BCUT2D eigenvalue weighted by Gasteiger charge is 2.00. The van der Waals surface area contributed by atoms with Gasteiger partial charge in [-0.05, 0) is 6.07 Å². The van der Waals surface area contributed by atoms with Crippen LogP contribution in [0.25, 0.3) is 0 Å². The summed E-state index contributed by atoms with van der Waals surface area (Å²) >= 11 is 0. The van der Waals surface area contributed by atoms with Crippen molar-refractivity contribution < 1.29 is 0 Å². The molecule has 0 amide bonds. The van der Waals surface area contributed by atoms with Crippen LogP contribution in [0.1, 0.15) is 0 Å². The Labute approximate surface area is 58.8 Å². The van der Waals surface area contributed by atoms with Crippen molar-refractivity contribution in [1.82, 2.24) is 4.98 Å². The topological polar surface area (TPSA) is 37.0 Å². The summed E-state index contributed by atoms with van der Waals surface area (Å²) in [5, 5.41) is 6.14. The second-order valence-corrected chi connectivity index (χ2v) is 2.04. The molecule has 0 bridgehead atoms. The van der Waals surface area contributed by atoms with E-state index in [2.05, 4.69) is 15.6 Å². The van der Waals surface area contributed by atoms with Crippen LogP contribution < -0.4 is 10.6 Å². The SMILES string of the molecule is C1=CNc2cnccc2N1. The number of rotatable bonds is 0. The first kappa shape index (κ1) is 5.29. The van der Waals surface area contributed by atoms with Crippen LogP contribution in [0.15, 0.2) is 30.9 Å². The lowest BCUT2D eigenvalue weighted by Gasteiger charge is -2.11. The van der Waals surface area contributed by atoms with Gasteiger partial charge in [-0.1, -0.05) is 0 Å². The quantitative estimate of drug-likeness (QED) is 0.561. The third-order valence-corrected chi connectivity index (χ3v) is 1.38. The van der Waals surface area contributed by atoms with E-state index in [0.29, 0.717) is 0 Å². The Morgan fingerprint density at radius 1 is 1.10 bits per heavy atom. The van der Waals surface area contributed by atoms with Crippen LogP contribution in [-0.4, -0.2) is 4.98 Å². The van der Waals surface area contributed by atoms with Gasteiger partial charge >= 0.3 is 0 Å². The Bertz CT molecular complexity index is 240. The molecule has 2 rings (SSSR count). The van der Waals surface area contributed by atoms with Gasteiger partial charge in [0.2, 0.25) is 0 Å². The van der Waals surface area contributed by atoms with E-state index < -0.39 is 0 Å². The smallest absolute Gasteiger partial charge is 0.0805 e. The van der Waals surface area contributed by atoms with Crippen molar-refractivity contribution in [2.24, 2.45) is 0 Å². The van der Waals surface area contributed by atoms with E-state index in [1.807, 2.05) is 18.5 Å². The number of aromatic nitrogens is 1. The van der Waals surface area contributed by atoms with Gasteiger partial charge in [-0.3, -0.25) is 4.98 Å². The van der Waals surface area contributed by atoms with Gasteiger partial charge in [-0.25, -0.2) is 0 Å². The van der Waals surface area contributed by atoms with Gasteiger partial charge in [0, 0.05) is 18.6 Å². The number of hydrogen-bond donors (Lipinski definition) is 2. The van der Waals surface area contributed by atoms with Gasteiger partial charge in [0.05, 0.1) is 17.6 Å². The van der Waals surface area contributed by atoms with Gasteiger partial charge in [0.15, 0.2) is 0 Å². The molecule has 1 aliphatic heterocycles. The Kier molecular flexibility index (Phi) is 1.07. The molecule has 0 atom stereocenters. The largest absolute Gasteiger partial charge is 0.359 e. The van der Waals surface area contributed by atoms with Crippen LogP contribution >= 0.6 is 0 Å². The second kappa shape index (κ2) is 2.02. The Hall–Kier alpha value is -1.51. The Balaban J connectivity index is 2.47. The van der Waals surface area contributed by atoms with Crippen molar-refractivity contribution >= 4 is 11.4 Å². The molecule has 1 aromatic heterocycles. The molecule has 0 aromatic carbocycles. The minimum absolute atomic E-state index is 1.02. The zero-order valence-electron chi connectivity index (χ0n) is 5.33. The normalized spacial score (nSPS) is 13.2. The summed E-state index contributed by atoms with van der Waals surface area (Å²) in [4.78, 5) is 3.96. The van der Waals surface area contributed by atoms with E-state index in [9.17, 15) is 0 Å². The summed E-state index contributed by atoms with van der Waals surface area (Å²) in [6.07, 6.45) is 7.23. The van der Waals surface area contributed by atoms with E-state index in [1.54, 1.807) is 12.4 Å². The fourth-order valence-corrected chi connectivity index (χ4v) is 0.898. The van der Waals surface area contributed by atoms with Crippen molar-refractivity contribution in [1.29, 1.82) is 0 Å².